The number of halogens is 4. The number of thiophene rings is 6. The highest BCUT2D eigenvalue weighted by Gasteiger charge is 2.20. The molecule has 19 heterocycles. The minimum absolute atomic E-state index is 0.0497. The zero-order valence-corrected chi connectivity index (χ0v) is 98.2. The van der Waals surface area contributed by atoms with Crippen molar-refractivity contribution in [3.05, 3.63) is 340 Å². The van der Waals surface area contributed by atoms with E-state index in [9.17, 15) is 13.2 Å². The summed E-state index contributed by atoms with van der Waals surface area (Å²) in [5.41, 5.74) is 23.5. The van der Waals surface area contributed by atoms with Crippen LogP contribution in [0, 0.1) is 52.1 Å². The summed E-state index contributed by atoms with van der Waals surface area (Å²) in [6.45, 7) is 62.1. The molecule has 150 heavy (non-hydrogen) atoms. The first-order chi connectivity index (χ1) is 71.5. The van der Waals surface area contributed by atoms with Crippen LogP contribution in [0.25, 0.3) is 105 Å². The molecule has 0 aliphatic heterocycles. The maximum Gasteiger partial charge on any atom is 0.185 e. The molecule has 0 fully saturated rings. The smallest absolute Gasteiger partial charge is 0.185 e. The third-order valence-corrected chi connectivity index (χ3v) is 30.5. The lowest BCUT2D eigenvalue weighted by Crippen LogP contribution is -1.98. The molecule has 0 amide bonds. The van der Waals surface area contributed by atoms with Crippen molar-refractivity contribution in [1.82, 2.24) is 99.7 Å². The van der Waals surface area contributed by atoms with Gasteiger partial charge >= 0.3 is 0 Å². The summed E-state index contributed by atoms with van der Waals surface area (Å²) in [4.78, 5) is 72.7. The lowest BCUT2D eigenvalue weighted by molar-refractivity contribution is 0.515. The Morgan fingerprint density at radius 2 is 0.813 bits per heavy atom. The second-order valence-corrected chi connectivity index (χ2v) is 47.0. The molecule has 0 aliphatic rings. The number of nitrogens with zero attached hydrogens (tertiary/aromatic N) is 19. The van der Waals surface area contributed by atoms with E-state index < -0.39 is 11.6 Å². The van der Waals surface area contributed by atoms with Crippen molar-refractivity contribution >= 4 is 189 Å². The number of nitrogens with one attached hydrogen (secondary N) is 1. The normalized spacial score (nSPS) is 11.2. The molecule has 784 valence electrons. The molecule has 0 radical (unpaired) electrons. The van der Waals surface area contributed by atoms with E-state index in [0.717, 1.165) is 77.1 Å². The van der Waals surface area contributed by atoms with E-state index in [4.69, 9.17) is 0 Å². The average molecular weight is 2190 g/mol. The summed E-state index contributed by atoms with van der Waals surface area (Å²) in [7, 11) is 1.89. The van der Waals surface area contributed by atoms with E-state index in [1.165, 1.54) is 141 Å². The highest BCUT2D eigenvalue weighted by Crippen LogP contribution is 2.38. The summed E-state index contributed by atoms with van der Waals surface area (Å²) in [5, 5.41) is 27.3. The van der Waals surface area contributed by atoms with Crippen molar-refractivity contribution in [3.63, 3.8) is 0 Å². The minimum atomic E-state index is -0.906. The van der Waals surface area contributed by atoms with Gasteiger partial charge in [-0.25, -0.2) is 78.0 Å². The van der Waals surface area contributed by atoms with Crippen LogP contribution < -0.4 is 0 Å². The van der Waals surface area contributed by atoms with Crippen molar-refractivity contribution in [3.8, 4) is 0 Å². The van der Waals surface area contributed by atoms with Gasteiger partial charge in [0, 0.05) is 99.8 Å². The maximum atomic E-state index is 13.4. The van der Waals surface area contributed by atoms with Crippen LogP contribution in [0.3, 0.4) is 0 Å². The zero-order chi connectivity index (χ0) is 109. The van der Waals surface area contributed by atoms with Crippen LogP contribution in [0.2, 0.25) is 0 Å². The summed E-state index contributed by atoms with van der Waals surface area (Å²) >= 11 is 13.9. The van der Waals surface area contributed by atoms with Gasteiger partial charge < -0.3 is 0 Å². The average Bonchev–Trinajstić information content (AvgIpc) is 1.77. The number of hydrogen-bond donors (Lipinski definition) is 1. The van der Waals surface area contributed by atoms with Gasteiger partial charge in [-0.3, -0.25) is 24.7 Å². The molecule has 19 aromatic heterocycles. The molecule has 0 unspecified atom stereocenters. The van der Waals surface area contributed by atoms with Gasteiger partial charge in [-0.2, -0.15) is 10.2 Å². The van der Waals surface area contributed by atoms with Gasteiger partial charge in [0.25, 0.3) is 0 Å². The van der Waals surface area contributed by atoms with Gasteiger partial charge in [0.1, 0.15) is 72.7 Å². The first-order valence-corrected chi connectivity index (χ1v) is 56.8. The molecule has 3 aromatic carbocycles. The standard InChI is InChI=1S/C13H14.C11H10F2N2.4C11H13NS.2C10H11NS.2C9H12N4.C7H9BrN2.C7H9FN2/c1-10(2)12-9-5-7-11-6-3-4-8-13(11)12;1-6(2)10-7-3-4-8(12)9(13)11(7)15-5-14-10;1-7(2)9-4-5-12-10-8(3)6-13-11(9)10;1-7(2)9-4-5-12-11-10(9)8(3)6-13-11;1-7(2)9-4-5-12-10-6-8(3)13-11(9)10;1-7(2)9-4-5-12-11-10(9)6-8(3)13-11;1-7(2)8-3-5-11-9-4-6-12-10(8)9;1-7(2)8-3-5-11-10-9(8)4-6-12-10;1-6(2)8-9-7(10-5-11-8)4-13(3)12-9;1-5(2)7-9-8(11-4-10-7)6(3)12-13-9;2*1-5(2)7-9-3-6(8)4-10-7/h3-10H,1-2H3;3-6H,1-2H3;4*4-7H,1-3H3;2*3-7H,1-2H3;4-6H,1-3H3;4-5H,1-3H3,(H,12,13);2*3-5H,1-2H3. The number of aromatic nitrogens is 20. The molecular weight excluding hydrogens is 2050 g/mol. The Morgan fingerprint density at radius 1 is 0.327 bits per heavy atom. The molecule has 0 bridgehead atoms. The van der Waals surface area contributed by atoms with Crippen LogP contribution in [-0.4, -0.2) is 99.7 Å². The molecule has 0 aliphatic carbocycles. The van der Waals surface area contributed by atoms with Gasteiger partial charge in [-0.1, -0.05) is 209 Å². The number of hydrogen-bond acceptors (Lipinski definition) is 24. The largest absolute Gasteiger partial charge is 0.280 e. The predicted molar refractivity (Wildman–Crippen MR) is 634 cm³/mol. The van der Waals surface area contributed by atoms with Crippen molar-refractivity contribution in [2.24, 2.45) is 7.05 Å². The maximum absolute atomic E-state index is 13.4. The molecule has 0 saturated carbocycles. The first kappa shape index (κ1) is 118. The van der Waals surface area contributed by atoms with Gasteiger partial charge in [-0.05, 0) is 265 Å². The third-order valence-electron chi connectivity index (χ3n) is 24.1. The fourth-order valence-electron chi connectivity index (χ4n) is 16.3. The minimum Gasteiger partial charge on any atom is -0.280 e. The highest BCUT2D eigenvalue weighted by atomic mass is 79.9. The molecule has 0 spiro atoms. The van der Waals surface area contributed by atoms with E-state index in [2.05, 4.69) is 402 Å². The second kappa shape index (κ2) is 56.0. The summed E-state index contributed by atoms with van der Waals surface area (Å²) in [6, 6.07) is 39.1. The van der Waals surface area contributed by atoms with Gasteiger partial charge in [-0.15, -0.1) is 68.0 Å². The SMILES string of the molecule is CC(C)c1cccc2ccccc12.CC(C)c1ccnc2ccsc12.CC(C)c1ccnc2sccc12.CC(C)c1ncc(Br)cn1.CC(C)c1ncc(F)cn1.CC(C)c1ncnc2c(F)c(F)ccc12.CC(C)c1ncnc2cn(C)nc12.Cc1[nH]nc2c(C(C)C)ncnc12.Cc1cc2c(C(C)C)ccnc2s1.Cc1cc2nccc(C(C)C)c2s1.Cc1csc2c(C(C)C)ccnc12.Cc1csc2nccc(C(C)C)c12. The molecule has 22 rings (SSSR count). The second-order valence-electron chi connectivity index (χ2n) is 40.1. The van der Waals surface area contributed by atoms with Crippen molar-refractivity contribution in [1.29, 1.82) is 0 Å². The van der Waals surface area contributed by atoms with Crippen LogP contribution in [0.1, 0.15) is 331 Å². The molecule has 0 saturated heterocycles. The van der Waals surface area contributed by atoms with Crippen LogP contribution in [0.15, 0.2) is 228 Å². The summed E-state index contributed by atoms with van der Waals surface area (Å²) in [5.74, 6) is 5.13. The fourth-order valence-corrected chi connectivity index (χ4v) is 22.4. The predicted octanol–water partition coefficient (Wildman–Crippen LogP) is 36.1. The quantitative estimate of drug-likeness (QED) is 0.119. The Bertz CT molecular complexity index is 7580. The Hall–Kier alpha value is -12.6. The summed E-state index contributed by atoms with van der Waals surface area (Å²) in [6.07, 6.45) is 23.7. The fraction of sp³-hybridized carbons (Fsp3) is 0.350. The number of rotatable bonds is 12. The number of benzene rings is 3. The monoisotopic (exact) mass is 2190 g/mol. The van der Waals surface area contributed by atoms with Gasteiger partial charge in [0.15, 0.2) is 17.5 Å². The Kier molecular flexibility index (Phi) is 43.9. The Morgan fingerprint density at radius 3 is 1.42 bits per heavy atom. The number of H-pyrrole nitrogens is 1. The molecular formula is C120H140BrF3N20S6. The third kappa shape index (κ3) is 31.6. The van der Waals surface area contributed by atoms with Crippen molar-refractivity contribution in [2.75, 3.05) is 0 Å². The van der Waals surface area contributed by atoms with Crippen LogP contribution in [-0.2, 0) is 7.05 Å². The van der Waals surface area contributed by atoms with Crippen LogP contribution in [0.4, 0.5) is 13.2 Å². The van der Waals surface area contributed by atoms with Gasteiger partial charge in [0.2, 0.25) is 0 Å². The Balaban J connectivity index is 0.000000155. The highest BCUT2D eigenvalue weighted by molar-refractivity contribution is 9.10. The van der Waals surface area contributed by atoms with E-state index in [0.29, 0.717) is 70.4 Å². The number of pyridine rings is 6. The van der Waals surface area contributed by atoms with Crippen molar-refractivity contribution in [2.45, 2.75) is 272 Å². The van der Waals surface area contributed by atoms with Gasteiger partial charge in [0.05, 0.1) is 76.5 Å². The molecule has 1 N–H and O–H groups in total. The van der Waals surface area contributed by atoms with E-state index in [-0.39, 0.29) is 23.2 Å². The van der Waals surface area contributed by atoms with Crippen LogP contribution >= 0.6 is 84.0 Å². The topological polar surface area (TPSA) is 253 Å². The lowest BCUT2D eigenvalue weighted by Gasteiger charge is -2.08. The molecule has 20 nitrogen and oxygen atoms in total. The number of aromatic amines is 1. The van der Waals surface area contributed by atoms with Crippen molar-refractivity contribution < 1.29 is 13.2 Å². The Labute approximate surface area is 913 Å². The lowest BCUT2D eigenvalue weighted by atomic mass is 9.96. The first-order valence-electron chi connectivity index (χ1n) is 50.8. The molecule has 30 heteroatoms. The van der Waals surface area contributed by atoms with E-state index >= 15 is 0 Å². The molecule has 22 aromatic rings. The number of fused-ring (bicyclic) bond motifs is 10. The molecule has 0 atom stereocenters. The number of aryl methyl sites for hydroxylation is 6. The van der Waals surface area contributed by atoms with Crippen LogP contribution in [0.5, 0.6) is 0 Å². The summed E-state index contributed by atoms with van der Waals surface area (Å²) < 4.78 is 45.3. The van der Waals surface area contributed by atoms with E-state index in [1.54, 1.807) is 86.4 Å². The van der Waals surface area contributed by atoms with E-state index in [1.807, 2.05) is 96.4 Å². The zero-order valence-electron chi connectivity index (χ0n) is 91.7.